The summed E-state index contributed by atoms with van der Waals surface area (Å²) in [6.45, 7) is 2.15. The third-order valence-electron chi connectivity index (χ3n) is 3.53. The minimum Gasteiger partial charge on any atom is -0.292 e. The van der Waals surface area contributed by atoms with Gasteiger partial charge in [0.25, 0.3) is 0 Å². The quantitative estimate of drug-likeness (QED) is 0.746. The average Bonchev–Trinajstić information content (AvgIpc) is 2.43. The van der Waals surface area contributed by atoms with Gasteiger partial charge in [-0.05, 0) is 23.6 Å². The Bertz CT molecular complexity index is 601. The summed E-state index contributed by atoms with van der Waals surface area (Å²) in [6.07, 6.45) is 4.72. The Morgan fingerprint density at radius 1 is 1.37 bits per heavy atom. The number of thioether (sulfide) groups is 1. The molecule has 0 aromatic heterocycles. The van der Waals surface area contributed by atoms with Crippen molar-refractivity contribution in [3.63, 3.8) is 0 Å². The Morgan fingerprint density at radius 2 is 2.16 bits per heavy atom. The van der Waals surface area contributed by atoms with E-state index >= 15 is 0 Å². The average molecular weight is 291 g/mol. The normalized spacial score (nSPS) is 21.9. The fraction of sp³-hybridized carbons (Fsp3) is 0.312. The zero-order valence-electron chi connectivity index (χ0n) is 10.8. The van der Waals surface area contributed by atoms with Gasteiger partial charge in [-0.25, -0.2) is 0 Å². The molecule has 0 amide bonds. The molecule has 19 heavy (non-hydrogen) atoms. The van der Waals surface area contributed by atoms with Crippen LogP contribution in [0.4, 0.5) is 0 Å². The number of ketones is 1. The molecule has 0 spiro atoms. The first-order valence-corrected chi connectivity index (χ1v) is 7.84. The van der Waals surface area contributed by atoms with E-state index < -0.39 is 5.38 Å². The summed E-state index contributed by atoms with van der Waals surface area (Å²) >= 11 is 7.90. The van der Waals surface area contributed by atoms with E-state index in [1.807, 2.05) is 12.1 Å². The maximum atomic E-state index is 12.3. The smallest absolute Gasteiger partial charge is 0.182 e. The molecule has 1 unspecified atom stereocenters. The van der Waals surface area contributed by atoms with Crippen molar-refractivity contribution >= 4 is 29.1 Å². The van der Waals surface area contributed by atoms with Crippen LogP contribution in [0.1, 0.15) is 25.3 Å². The molecule has 3 heteroatoms. The number of Topliss-reactive ketones (excluding diaryl/α,β-unsaturated/α-hetero) is 1. The lowest BCUT2D eigenvalue weighted by Gasteiger charge is -2.28. The van der Waals surface area contributed by atoms with Gasteiger partial charge >= 0.3 is 0 Å². The highest BCUT2D eigenvalue weighted by atomic mass is 35.5. The molecule has 0 N–H and O–H groups in total. The number of alkyl halides is 1. The Hall–Kier alpha value is -0.990. The van der Waals surface area contributed by atoms with Crippen molar-refractivity contribution in [1.82, 2.24) is 0 Å². The van der Waals surface area contributed by atoms with Crippen LogP contribution in [-0.2, 0) is 11.2 Å². The van der Waals surface area contributed by atoms with Crippen molar-refractivity contribution in [2.45, 2.75) is 36.5 Å². The number of fused-ring (bicyclic) bond motifs is 1. The molecule has 1 heterocycles. The summed E-state index contributed by atoms with van der Waals surface area (Å²) in [5.74, 6) is 0.0820. The molecular weight excluding hydrogens is 276 g/mol. The Balaban J connectivity index is 2.05. The number of benzene rings is 1. The predicted octanol–water partition coefficient (Wildman–Crippen LogP) is 4.51. The van der Waals surface area contributed by atoms with E-state index in [2.05, 4.69) is 25.1 Å². The molecule has 1 aliphatic heterocycles. The highest BCUT2D eigenvalue weighted by Crippen LogP contribution is 2.45. The lowest BCUT2D eigenvalue weighted by molar-refractivity contribution is -0.114. The Morgan fingerprint density at radius 3 is 2.95 bits per heavy atom. The second kappa shape index (κ2) is 5.18. The van der Waals surface area contributed by atoms with Gasteiger partial charge in [0.1, 0.15) is 5.38 Å². The SMILES string of the molecule is CCCC1=CC(Cl)C(=O)C2=C1Sc1ccccc1C2. The second-order valence-corrected chi connectivity index (χ2v) is 6.42. The van der Waals surface area contributed by atoms with Crippen molar-refractivity contribution in [2.75, 3.05) is 0 Å². The van der Waals surface area contributed by atoms with E-state index in [-0.39, 0.29) is 5.78 Å². The summed E-state index contributed by atoms with van der Waals surface area (Å²) in [7, 11) is 0. The zero-order valence-corrected chi connectivity index (χ0v) is 12.4. The minimum absolute atomic E-state index is 0.0820. The van der Waals surface area contributed by atoms with Crippen LogP contribution in [0.3, 0.4) is 0 Å². The molecule has 1 aromatic rings. The standard InChI is InChI=1S/C16H15ClOS/c1-2-5-11-9-13(17)15(18)12-8-10-6-3-4-7-14(10)19-16(11)12/h3-4,6-7,9,13H,2,5,8H2,1H3. The van der Waals surface area contributed by atoms with Crippen molar-refractivity contribution in [1.29, 1.82) is 0 Å². The highest BCUT2D eigenvalue weighted by molar-refractivity contribution is 8.03. The lowest BCUT2D eigenvalue weighted by atomic mass is 9.90. The van der Waals surface area contributed by atoms with Crippen molar-refractivity contribution < 1.29 is 4.79 Å². The lowest BCUT2D eigenvalue weighted by Crippen LogP contribution is -2.24. The Kier molecular flexibility index (Phi) is 3.55. The second-order valence-electron chi connectivity index (χ2n) is 4.90. The van der Waals surface area contributed by atoms with Crippen LogP contribution in [0.2, 0.25) is 0 Å². The molecule has 0 fully saturated rings. The van der Waals surface area contributed by atoms with Crippen LogP contribution < -0.4 is 0 Å². The molecule has 0 saturated heterocycles. The van der Waals surface area contributed by atoms with Gasteiger partial charge in [-0.3, -0.25) is 4.79 Å². The molecule has 0 radical (unpaired) electrons. The van der Waals surface area contributed by atoms with Gasteiger partial charge in [0.15, 0.2) is 5.78 Å². The molecule has 0 bridgehead atoms. The van der Waals surface area contributed by atoms with Crippen LogP contribution in [0.5, 0.6) is 0 Å². The molecule has 1 aliphatic carbocycles. The summed E-state index contributed by atoms with van der Waals surface area (Å²) in [5.41, 5.74) is 3.40. The monoisotopic (exact) mass is 290 g/mol. The van der Waals surface area contributed by atoms with Gasteiger partial charge in [-0.1, -0.05) is 49.4 Å². The van der Waals surface area contributed by atoms with Crippen LogP contribution >= 0.6 is 23.4 Å². The third-order valence-corrected chi connectivity index (χ3v) is 5.19. The van der Waals surface area contributed by atoms with E-state index in [1.165, 1.54) is 16.0 Å². The van der Waals surface area contributed by atoms with Gasteiger partial charge < -0.3 is 0 Å². The molecule has 1 aromatic carbocycles. The van der Waals surface area contributed by atoms with E-state index in [9.17, 15) is 4.79 Å². The summed E-state index contributed by atoms with van der Waals surface area (Å²) in [5, 5.41) is -0.480. The minimum atomic E-state index is -0.480. The molecule has 0 saturated carbocycles. The molecule has 3 rings (SSSR count). The van der Waals surface area contributed by atoms with Crippen LogP contribution in [0.25, 0.3) is 0 Å². The number of hydrogen-bond donors (Lipinski definition) is 0. The summed E-state index contributed by atoms with van der Waals surface area (Å²) < 4.78 is 0. The first kappa shape index (κ1) is 13.0. The zero-order chi connectivity index (χ0) is 13.4. The van der Waals surface area contributed by atoms with Crippen molar-refractivity contribution in [2.24, 2.45) is 0 Å². The number of allylic oxidation sites excluding steroid dienone is 3. The van der Waals surface area contributed by atoms with E-state index in [0.717, 1.165) is 29.7 Å². The van der Waals surface area contributed by atoms with E-state index in [4.69, 9.17) is 11.6 Å². The first-order valence-electron chi connectivity index (χ1n) is 6.59. The van der Waals surface area contributed by atoms with Crippen molar-refractivity contribution in [3.05, 3.63) is 52.0 Å². The molecule has 1 atom stereocenters. The van der Waals surface area contributed by atoms with Gasteiger partial charge in [-0.2, -0.15) is 0 Å². The fourth-order valence-corrected chi connectivity index (χ4v) is 4.13. The summed E-state index contributed by atoms with van der Waals surface area (Å²) in [6, 6.07) is 8.31. The van der Waals surface area contributed by atoms with Crippen LogP contribution in [0.15, 0.2) is 51.3 Å². The van der Waals surface area contributed by atoms with E-state index in [1.54, 1.807) is 11.8 Å². The Labute approximate surface area is 122 Å². The molecule has 1 nitrogen and oxygen atoms in total. The fourth-order valence-electron chi connectivity index (χ4n) is 2.61. The van der Waals surface area contributed by atoms with Crippen LogP contribution in [0, 0.1) is 0 Å². The maximum Gasteiger partial charge on any atom is 0.182 e. The summed E-state index contributed by atoms with van der Waals surface area (Å²) in [4.78, 5) is 14.7. The maximum absolute atomic E-state index is 12.3. The largest absolute Gasteiger partial charge is 0.292 e. The van der Waals surface area contributed by atoms with Gasteiger partial charge in [-0.15, -0.1) is 11.6 Å². The molecule has 2 aliphatic rings. The van der Waals surface area contributed by atoms with Gasteiger partial charge in [0.2, 0.25) is 0 Å². The molecule has 98 valence electrons. The number of hydrogen-bond acceptors (Lipinski definition) is 2. The predicted molar refractivity (Wildman–Crippen MR) is 80.7 cm³/mol. The highest BCUT2D eigenvalue weighted by Gasteiger charge is 2.32. The number of rotatable bonds is 2. The number of carbonyl (C=O) groups is 1. The topological polar surface area (TPSA) is 17.1 Å². The van der Waals surface area contributed by atoms with Gasteiger partial charge in [0, 0.05) is 21.8 Å². The van der Waals surface area contributed by atoms with Crippen molar-refractivity contribution in [3.8, 4) is 0 Å². The third kappa shape index (κ3) is 2.28. The number of carbonyl (C=O) groups excluding carboxylic acids is 1. The first-order chi connectivity index (χ1) is 9.20. The van der Waals surface area contributed by atoms with Gasteiger partial charge in [0.05, 0.1) is 0 Å². The number of halogens is 1. The molecular formula is C16H15ClOS. The van der Waals surface area contributed by atoms with Crippen LogP contribution in [-0.4, -0.2) is 11.2 Å². The van der Waals surface area contributed by atoms with E-state index in [0.29, 0.717) is 0 Å².